The molecule has 0 spiro atoms. The summed E-state index contributed by atoms with van der Waals surface area (Å²) in [5.41, 5.74) is 0. The summed E-state index contributed by atoms with van der Waals surface area (Å²) < 4.78 is 7.12. The van der Waals surface area contributed by atoms with Gasteiger partial charge < -0.3 is 0 Å². The lowest BCUT2D eigenvalue weighted by atomic mass is 10.1. The van der Waals surface area contributed by atoms with E-state index in [-0.39, 0.29) is 21.6 Å². The van der Waals surface area contributed by atoms with Crippen molar-refractivity contribution in [1.29, 1.82) is 0 Å². The summed E-state index contributed by atoms with van der Waals surface area (Å²) in [6.45, 7) is 3.21. The Bertz CT molecular complexity index is 248. The van der Waals surface area contributed by atoms with Crippen molar-refractivity contribution in [2.24, 2.45) is 0 Å². The number of halogens is 1. The van der Waals surface area contributed by atoms with Gasteiger partial charge >= 0.3 is 21.6 Å². The third kappa shape index (κ3) is 7.23. The van der Waals surface area contributed by atoms with E-state index in [9.17, 15) is 0 Å². The average Bonchev–Trinajstić information content (AvgIpc) is 2.34. The van der Waals surface area contributed by atoms with Gasteiger partial charge in [-0.15, -0.1) is 3.07 Å². The lowest BCUT2D eigenvalue weighted by Crippen LogP contribution is -3.61. The Morgan fingerprint density at radius 3 is 2.38 bits per heavy atom. The molecule has 0 unspecified atom stereocenters. The van der Waals surface area contributed by atoms with E-state index in [2.05, 4.69) is 37.3 Å². The van der Waals surface area contributed by atoms with Crippen LogP contribution >= 0.6 is 0 Å². The summed E-state index contributed by atoms with van der Waals surface area (Å²) in [7, 11) is 0. The van der Waals surface area contributed by atoms with Gasteiger partial charge in [0.25, 0.3) is 0 Å². The molecule has 2 heteroatoms. The average molecular weight is 333 g/mol. The highest BCUT2D eigenvalue weighted by molar-refractivity contribution is 4.98. The van der Waals surface area contributed by atoms with E-state index in [4.69, 9.17) is 3.07 Å². The number of hydrogen-bond donors (Lipinski definition) is 0. The minimum Gasteiger partial charge on any atom is -0.142 e. The molecule has 1 aromatic carbocycles. The van der Waals surface area contributed by atoms with Crippen molar-refractivity contribution in [2.45, 2.75) is 45.4 Å². The Morgan fingerprint density at radius 2 is 1.62 bits per heavy atom. The molecule has 0 amide bonds. The summed E-state index contributed by atoms with van der Waals surface area (Å²) >= 11 is -0.203. The first-order valence-corrected chi connectivity index (χ1v) is 8.21. The second-order valence-corrected chi connectivity index (χ2v) is 6.26. The summed E-state index contributed by atoms with van der Waals surface area (Å²) in [5, 5.41) is 0. The van der Waals surface area contributed by atoms with Crippen molar-refractivity contribution in [2.75, 3.05) is 6.61 Å². The maximum atomic E-state index is 5.74. The molecule has 0 N–H and O–H groups in total. The molecule has 1 aromatic rings. The highest BCUT2D eigenvalue weighted by atomic mass is 127. The van der Waals surface area contributed by atoms with Crippen LogP contribution in [0.4, 0.5) is 0 Å². The topological polar surface area (TPSA) is 9.23 Å². The Kier molecular flexibility index (Phi) is 8.81. The Balaban J connectivity index is 1.89. The third-order valence-corrected chi connectivity index (χ3v) is 4.43. The van der Waals surface area contributed by atoms with Gasteiger partial charge in [0.2, 0.25) is 3.57 Å². The molecule has 1 rings (SSSR count). The molecule has 0 radical (unpaired) electrons. The van der Waals surface area contributed by atoms with Gasteiger partial charge in [-0.2, -0.15) is 0 Å². The van der Waals surface area contributed by atoms with Crippen LogP contribution in [0.3, 0.4) is 0 Å². The van der Waals surface area contributed by atoms with Gasteiger partial charge in [-0.25, -0.2) is 0 Å². The van der Waals surface area contributed by atoms with Gasteiger partial charge in [-0.05, 0) is 18.6 Å². The van der Waals surface area contributed by atoms with Gasteiger partial charge in [0, 0.05) is 0 Å². The van der Waals surface area contributed by atoms with Crippen molar-refractivity contribution in [3.63, 3.8) is 0 Å². The number of benzene rings is 1. The van der Waals surface area contributed by atoms with Crippen LogP contribution in [0, 0.1) is 3.57 Å². The molecule has 0 aliphatic carbocycles. The molecule has 0 atom stereocenters. The second kappa shape index (κ2) is 10.1. The highest BCUT2D eigenvalue weighted by Crippen LogP contribution is 2.04. The molecular formula is C14H22IO+. The third-order valence-electron chi connectivity index (χ3n) is 2.45. The smallest absolute Gasteiger partial charge is 0.142 e. The lowest BCUT2D eigenvalue weighted by Gasteiger charge is -1.96. The first-order chi connectivity index (χ1) is 7.93. The van der Waals surface area contributed by atoms with Crippen LogP contribution in [0.25, 0.3) is 0 Å². The van der Waals surface area contributed by atoms with E-state index in [1.807, 2.05) is 0 Å². The fourth-order valence-corrected chi connectivity index (χ4v) is 3.10. The van der Waals surface area contributed by atoms with Crippen molar-refractivity contribution >= 4 is 0 Å². The lowest BCUT2D eigenvalue weighted by molar-refractivity contribution is -0.876. The van der Waals surface area contributed by atoms with Gasteiger partial charge in [0.1, 0.15) is 6.61 Å². The van der Waals surface area contributed by atoms with E-state index in [0.717, 1.165) is 6.61 Å². The molecule has 0 fully saturated rings. The normalized spacial score (nSPS) is 10.6. The van der Waals surface area contributed by atoms with Gasteiger partial charge in [-0.3, -0.25) is 0 Å². The van der Waals surface area contributed by atoms with E-state index >= 15 is 0 Å². The van der Waals surface area contributed by atoms with Crippen LogP contribution in [0.1, 0.15) is 45.4 Å². The predicted octanol–water partition coefficient (Wildman–Crippen LogP) is 1.24. The molecule has 0 saturated carbocycles. The number of unbranched alkanes of at least 4 members (excludes halogenated alkanes) is 5. The monoisotopic (exact) mass is 333 g/mol. The Hall–Kier alpha value is -0.0900. The predicted molar refractivity (Wildman–Crippen MR) is 64.5 cm³/mol. The zero-order chi connectivity index (χ0) is 11.5. The standard InChI is InChI=1S/C14H22IO/c1-2-3-4-5-6-10-13-16-15-14-11-8-7-9-12-14/h7-9,11-12H,2-6,10,13H2,1H3/q+1. The largest absolute Gasteiger partial charge is 0.522 e. The van der Waals surface area contributed by atoms with Crippen LogP contribution < -0.4 is 21.6 Å². The minimum atomic E-state index is -0.203. The zero-order valence-electron chi connectivity index (χ0n) is 10.1. The molecule has 0 aromatic heterocycles. The molecule has 0 aliphatic heterocycles. The fourth-order valence-electron chi connectivity index (χ4n) is 1.50. The van der Waals surface area contributed by atoms with Crippen molar-refractivity contribution in [3.05, 3.63) is 33.9 Å². The molecule has 0 saturated heterocycles. The second-order valence-electron chi connectivity index (χ2n) is 3.95. The summed E-state index contributed by atoms with van der Waals surface area (Å²) in [6.07, 6.45) is 8.05. The first-order valence-electron chi connectivity index (χ1n) is 6.25. The Morgan fingerprint density at radius 1 is 0.938 bits per heavy atom. The molecule has 0 aliphatic rings. The molecule has 1 nitrogen and oxygen atoms in total. The number of hydrogen-bond acceptors (Lipinski definition) is 1. The van der Waals surface area contributed by atoms with Gasteiger partial charge in [0.05, 0.1) is 0 Å². The number of rotatable bonds is 9. The van der Waals surface area contributed by atoms with Crippen LogP contribution in [0.15, 0.2) is 30.3 Å². The van der Waals surface area contributed by atoms with E-state index in [1.54, 1.807) is 0 Å². The van der Waals surface area contributed by atoms with Crippen molar-refractivity contribution in [1.82, 2.24) is 0 Å². The summed E-state index contributed by atoms with van der Waals surface area (Å²) in [4.78, 5) is 0. The van der Waals surface area contributed by atoms with Gasteiger partial charge in [-0.1, -0.05) is 57.2 Å². The van der Waals surface area contributed by atoms with Gasteiger partial charge in [0.15, 0.2) is 0 Å². The summed E-state index contributed by atoms with van der Waals surface area (Å²) in [5.74, 6) is 0. The molecule has 0 heterocycles. The summed E-state index contributed by atoms with van der Waals surface area (Å²) in [6, 6.07) is 10.6. The van der Waals surface area contributed by atoms with E-state index in [0.29, 0.717) is 0 Å². The quantitative estimate of drug-likeness (QED) is 0.488. The molecular weight excluding hydrogens is 311 g/mol. The maximum Gasteiger partial charge on any atom is 0.522 e. The van der Waals surface area contributed by atoms with Crippen molar-refractivity contribution < 1.29 is 24.7 Å². The fraction of sp³-hybridized carbons (Fsp3) is 0.571. The van der Waals surface area contributed by atoms with E-state index in [1.165, 1.54) is 42.1 Å². The highest BCUT2D eigenvalue weighted by Gasteiger charge is 2.11. The molecule has 0 bridgehead atoms. The van der Waals surface area contributed by atoms with Crippen molar-refractivity contribution in [3.8, 4) is 0 Å². The Labute approximate surface area is 110 Å². The van der Waals surface area contributed by atoms with E-state index < -0.39 is 0 Å². The minimum absolute atomic E-state index is 0.203. The van der Waals surface area contributed by atoms with Crippen LogP contribution in [0.2, 0.25) is 0 Å². The van der Waals surface area contributed by atoms with Crippen LogP contribution in [-0.2, 0) is 3.07 Å². The van der Waals surface area contributed by atoms with Crippen LogP contribution in [-0.4, -0.2) is 6.61 Å². The maximum absolute atomic E-state index is 5.74. The van der Waals surface area contributed by atoms with Crippen LogP contribution in [0.5, 0.6) is 0 Å². The first kappa shape index (κ1) is 14.0. The molecule has 16 heavy (non-hydrogen) atoms. The molecule has 90 valence electrons. The zero-order valence-corrected chi connectivity index (χ0v) is 12.3. The SMILES string of the molecule is CCCCCCCCO[I+]c1ccccc1.